The molecule has 1 aromatic rings. The fraction of sp³-hybridized carbons (Fsp3) is 0.600. The molecule has 1 N–H and O–H groups in total. The van der Waals surface area contributed by atoms with Crippen LogP contribution in [0.15, 0.2) is 12.1 Å². The topological polar surface area (TPSA) is 30.5 Å². The summed E-state index contributed by atoms with van der Waals surface area (Å²) < 4.78 is 10.5. The second kappa shape index (κ2) is 6.49. The minimum atomic E-state index is 0.615. The molecule has 1 aromatic carbocycles. The normalized spacial score (nSPS) is 21.3. The molecule has 4 heteroatoms. The second-order valence-corrected chi connectivity index (χ2v) is 5.42. The zero-order valence-corrected chi connectivity index (χ0v) is 12.6. The zero-order chi connectivity index (χ0) is 13.8. The van der Waals surface area contributed by atoms with Crippen molar-refractivity contribution in [3.05, 3.63) is 22.7 Å². The molecule has 3 nitrogen and oxygen atoms in total. The van der Waals surface area contributed by atoms with Crippen molar-refractivity contribution < 1.29 is 9.47 Å². The first kappa shape index (κ1) is 14.5. The van der Waals surface area contributed by atoms with Crippen molar-refractivity contribution in [2.24, 2.45) is 5.92 Å². The van der Waals surface area contributed by atoms with Crippen molar-refractivity contribution in [3.63, 3.8) is 0 Å². The largest absolute Gasteiger partial charge is 0.493 e. The molecule has 2 unspecified atom stereocenters. The summed E-state index contributed by atoms with van der Waals surface area (Å²) in [4.78, 5) is 0. The van der Waals surface area contributed by atoms with E-state index in [0.717, 1.165) is 18.0 Å². The Morgan fingerprint density at radius 3 is 2.74 bits per heavy atom. The average molecular weight is 284 g/mol. The van der Waals surface area contributed by atoms with Gasteiger partial charge in [0, 0.05) is 12.6 Å². The first-order valence-electron chi connectivity index (χ1n) is 6.84. The molecule has 1 saturated carbocycles. The summed E-state index contributed by atoms with van der Waals surface area (Å²) >= 11 is 6.35. The monoisotopic (exact) mass is 283 g/mol. The summed E-state index contributed by atoms with van der Waals surface area (Å²) in [7, 11) is 3.23. The molecule has 0 spiro atoms. The van der Waals surface area contributed by atoms with Gasteiger partial charge in [0.15, 0.2) is 11.5 Å². The molecule has 106 valence electrons. The lowest BCUT2D eigenvalue weighted by Gasteiger charge is -2.13. The molecule has 0 aromatic heterocycles. The SMILES string of the molecule is CCCC1CC1NCc1ccc(OC)c(OC)c1Cl. The summed E-state index contributed by atoms with van der Waals surface area (Å²) in [5.74, 6) is 2.14. The van der Waals surface area contributed by atoms with E-state index in [1.54, 1.807) is 14.2 Å². The number of hydrogen-bond acceptors (Lipinski definition) is 3. The van der Waals surface area contributed by atoms with Crippen molar-refractivity contribution in [1.29, 1.82) is 0 Å². The third-order valence-corrected chi connectivity index (χ3v) is 4.12. The van der Waals surface area contributed by atoms with Gasteiger partial charge < -0.3 is 14.8 Å². The molecule has 0 radical (unpaired) electrons. The Morgan fingerprint density at radius 1 is 1.32 bits per heavy atom. The second-order valence-electron chi connectivity index (χ2n) is 5.05. The Morgan fingerprint density at radius 2 is 2.11 bits per heavy atom. The van der Waals surface area contributed by atoms with Crippen LogP contribution in [0.5, 0.6) is 11.5 Å². The van der Waals surface area contributed by atoms with Crippen molar-refractivity contribution in [1.82, 2.24) is 5.32 Å². The van der Waals surface area contributed by atoms with Gasteiger partial charge in [-0.3, -0.25) is 0 Å². The fourth-order valence-corrected chi connectivity index (χ4v) is 2.80. The first-order valence-corrected chi connectivity index (χ1v) is 7.21. The van der Waals surface area contributed by atoms with Gasteiger partial charge in [-0.2, -0.15) is 0 Å². The van der Waals surface area contributed by atoms with Crippen LogP contribution in [0.25, 0.3) is 0 Å². The van der Waals surface area contributed by atoms with Crippen LogP contribution >= 0.6 is 11.6 Å². The lowest BCUT2D eigenvalue weighted by molar-refractivity contribution is 0.354. The van der Waals surface area contributed by atoms with E-state index in [9.17, 15) is 0 Å². The predicted molar refractivity (Wildman–Crippen MR) is 78.2 cm³/mol. The van der Waals surface area contributed by atoms with E-state index >= 15 is 0 Å². The van der Waals surface area contributed by atoms with Crippen LogP contribution in [0, 0.1) is 5.92 Å². The van der Waals surface area contributed by atoms with E-state index in [2.05, 4.69) is 12.2 Å². The van der Waals surface area contributed by atoms with E-state index in [0.29, 0.717) is 22.6 Å². The van der Waals surface area contributed by atoms with E-state index in [4.69, 9.17) is 21.1 Å². The van der Waals surface area contributed by atoms with Crippen LogP contribution in [0.4, 0.5) is 0 Å². The Bertz CT molecular complexity index is 436. The van der Waals surface area contributed by atoms with Crippen LogP contribution < -0.4 is 14.8 Å². The van der Waals surface area contributed by atoms with Gasteiger partial charge in [0.1, 0.15) is 0 Å². The highest BCUT2D eigenvalue weighted by molar-refractivity contribution is 6.33. The number of methoxy groups -OCH3 is 2. The fourth-order valence-electron chi connectivity index (χ4n) is 2.50. The van der Waals surface area contributed by atoms with Crippen molar-refractivity contribution in [3.8, 4) is 11.5 Å². The quantitative estimate of drug-likeness (QED) is 0.829. The third kappa shape index (κ3) is 3.34. The van der Waals surface area contributed by atoms with Gasteiger partial charge in [-0.25, -0.2) is 0 Å². The maximum absolute atomic E-state index is 6.35. The van der Waals surface area contributed by atoms with Gasteiger partial charge in [0.25, 0.3) is 0 Å². The zero-order valence-electron chi connectivity index (χ0n) is 11.8. The van der Waals surface area contributed by atoms with E-state index in [1.807, 2.05) is 12.1 Å². The van der Waals surface area contributed by atoms with E-state index in [-0.39, 0.29) is 0 Å². The molecule has 2 rings (SSSR count). The summed E-state index contributed by atoms with van der Waals surface area (Å²) in [5, 5.41) is 4.20. The molecule has 19 heavy (non-hydrogen) atoms. The summed E-state index contributed by atoms with van der Waals surface area (Å²) in [6, 6.07) is 4.55. The van der Waals surface area contributed by atoms with Crippen LogP contribution in [-0.2, 0) is 6.54 Å². The van der Waals surface area contributed by atoms with Gasteiger partial charge in [0.05, 0.1) is 19.2 Å². The molecule has 1 fully saturated rings. The minimum Gasteiger partial charge on any atom is -0.493 e. The maximum atomic E-state index is 6.35. The minimum absolute atomic E-state index is 0.615. The molecule has 0 bridgehead atoms. The molecule has 0 amide bonds. The molecule has 0 saturated heterocycles. The van der Waals surface area contributed by atoms with Crippen LogP contribution in [-0.4, -0.2) is 20.3 Å². The molecule has 1 aliphatic carbocycles. The van der Waals surface area contributed by atoms with Crippen LogP contribution in [0.2, 0.25) is 5.02 Å². The van der Waals surface area contributed by atoms with Crippen molar-refractivity contribution in [2.75, 3.05) is 14.2 Å². The third-order valence-electron chi connectivity index (χ3n) is 3.70. The highest BCUT2D eigenvalue weighted by atomic mass is 35.5. The van der Waals surface area contributed by atoms with Gasteiger partial charge >= 0.3 is 0 Å². The molecule has 2 atom stereocenters. The number of halogens is 1. The summed E-state index contributed by atoms with van der Waals surface area (Å²) in [6.45, 7) is 3.02. The average Bonchev–Trinajstić information content (AvgIpc) is 3.15. The highest BCUT2D eigenvalue weighted by Crippen LogP contribution is 2.38. The van der Waals surface area contributed by atoms with Gasteiger partial charge in [0.2, 0.25) is 0 Å². The Balaban J connectivity index is 1.97. The molecular weight excluding hydrogens is 262 g/mol. The lowest BCUT2D eigenvalue weighted by atomic mass is 10.2. The maximum Gasteiger partial charge on any atom is 0.179 e. The number of ether oxygens (including phenoxy) is 2. The molecule has 0 heterocycles. The standard InChI is InChI=1S/C15H22ClNO2/c1-4-5-10-8-12(10)17-9-11-6-7-13(18-2)15(19-3)14(11)16/h6-7,10,12,17H,4-5,8-9H2,1-3H3. The number of rotatable bonds is 7. The Kier molecular flexibility index (Phi) is 4.94. The lowest BCUT2D eigenvalue weighted by Crippen LogP contribution is -2.18. The number of benzene rings is 1. The molecule has 0 aliphatic heterocycles. The Labute approximate surface area is 120 Å². The number of hydrogen-bond donors (Lipinski definition) is 1. The highest BCUT2D eigenvalue weighted by Gasteiger charge is 2.35. The molecule has 1 aliphatic rings. The van der Waals surface area contributed by atoms with Gasteiger partial charge in [-0.1, -0.05) is 31.0 Å². The summed E-state index contributed by atoms with van der Waals surface area (Å²) in [5.41, 5.74) is 1.06. The van der Waals surface area contributed by atoms with Crippen molar-refractivity contribution in [2.45, 2.75) is 38.8 Å². The van der Waals surface area contributed by atoms with E-state index < -0.39 is 0 Å². The van der Waals surface area contributed by atoms with E-state index in [1.165, 1.54) is 19.3 Å². The van der Waals surface area contributed by atoms with Gasteiger partial charge in [-0.15, -0.1) is 0 Å². The van der Waals surface area contributed by atoms with Crippen molar-refractivity contribution >= 4 is 11.6 Å². The number of nitrogens with one attached hydrogen (secondary N) is 1. The smallest absolute Gasteiger partial charge is 0.179 e. The predicted octanol–water partition coefficient (Wildman–Crippen LogP) is 3.64. The molecular formula is C15H22ClNO2. The van der Waals surface area contributed by atoms with Crippen LogP contribution in [0.1, 0.15) is 31.7 Å². The van der Waals surface area contributed by atoms with Crippen LogP contribution in [0.3, 0.4) is 0 Å². The first-order chi connectivity index (χ1) is 9.21. The summed E-state index contributed by atoms with van der Waals surface area (Å²) in [6.07, 6.45) is 3.87. The Hall–Kier alpha value is -0.930. The van der Waals surface area contributed by atoms with Gasteiger partial charge in [-0.05, 0) is 30.4 Å².